The van der Waals surface area contributed by atoms with Crippen molar-refractivity contribution in [2.75, 3.05) is 16.5 Å². The van der Waals surface area contributed by atoms with Gasteiger partial charge in [0.25, 0.3) is 0 Å². The van der Waals surface area contributed by atoms with Crippen LogP contribution in [0.2, 0.25) is 0 Å². The molecule has 0 unspecified atom stereocenters. The second kappa shape index (κ2) is 21.8. The summed E-state index contributed by atoms with van der Waals surface area (Å²) in [6.07, 6.45) is 20.4. The first-order chi connectivity index (χ1) is 26.1. The molecule has 1 aliphatic rings. The molecule has 0 N–H and O–H groups in total. The molecule has 0 aliphatic carbocycles. The van der Waals surface area contributed by atoms with Crippen molar-refractivity contribution in [3.63, 3.8) is 0 Å². The Hall–Kier alpha value is -4.58. The minimum absolute atomic E-state index is 0.0634. The van der Waals surface area contributed by atoms with Crippen molar-refractivity contribution in [2.45, 2.75) is 129 Å². The second-order valence-corrected chi connectivity index (χ2v) is 14.4. The van der Waals surface area contributed by atoms with Gasteiger partial charge in [0, 0.05) is 11.1 Å². The van der Waals surface area contributed by atoms with Crippen LogP contribution in [0.3, 0.4) is 0 Å². The summed E-state index contributed by atoms with van der Waals surface area (Å²) < 4.78 is 12.4. The van der Waals surface area contributed by atoms with Gasteiger partial charge in [0.2, 0.25) is 0 Å². The highest BCUT2D eigenvalue weighted by Gasteiger charge is 2.33. The quantitative estimate of drug-likeness (QED) is 0.0854. The van der Waals surface area contributed by atoms with E-state index in [2.05, 4.69) is 13.8 Å². The Kier molecular flexibility index (Phi) is 16.3. The number of ether oxygens (including phenoxy) is 2. The van der Waals surface area contributed by atoms with Crippen molar-refractivity contribution < 1.29 is 19.1 Å². The number of benzene rings is 4. The zero-order chi connectivity index (χ0) is 37.1. The number of aryl methyl sites for hydroxylation is 2. The van der Waals surface area contributed by atoms with Crippen molar-refractivity contribution in [3.05, 3.63) is 108 Å². The Bertz CT molecular complexity index is 1590. The van der Waals surface area contributed by atoms with Crippen LogP contribution in [0, 0.1) is 0 Å². The van der Waals surface area contributed by atoms with Gasteiger partial charge in [-0.3, -0.25) is 9.80 Å². The number of anilines is 2. The minimum atomic E-state index is -0.540. The summed E-state index contributed by atoms with van der Waals surface area (Å²) in [4.78, 5) is 31.6. The predicted molar refractivity (Wildman–Crippen MR) is 219 cm³/mol. The van der Waals surface area contributed by atoms with Gasteiger partial charge in [0.15, 0.2) is 0 Å². The molecule has 0 aromatic heterocycles. The largest absolute Gasteiger partial charge is 0.421 e. The van der Waals surface area contributed by atoms with Gasteiger partial charge in [-0.1, -0.05) is 177 Å². The van der Waals surface area contributed by atoms with E-state index < -0.39 is 12.2 Å². The Morgan fingerprint density at radius 1 is 0.453 bits per heavy atom. The lowest BCUT2D eigenvalue weighted by Crippen LogP contribution is -2.46. The number of hydrogen-bond acceptors (Lipinski definition) is 4. The number of fused-ring (bicyclic) bond motifs is 3. The molecular weight excluding hydrogens is 657 g/mol. The van der Waals surface area contributed by atoms with Gasteiger partial charge in [0.05, 0.1) is 11.4 Å². The van der Waals surface area contributed by atoms with Crippen LogP contribution in [0.5, 0.6) is 11.5 Å². The summed E-state index contributed by atoms with van der Waals surface area (Å²) in [5.41, 5.74) is 5.08. The average Bonchev–Trinajstić information content (AvgIpc) is 3.33. The summed E-state index contributed by atoms with van der Waals surface area (Å²) in [7, 11) is 0. The molecular formula is C47H60N2O4. The molecule has 6 nitrogen and oxygen atoms in total. The third-order valence-corrected chi connectivity index (χ3v) is 10.3. The Morgan fingerprint density at radius 3 is 1.21 bits per heavy atom. The van der Waals surface area contributed by atoms with Crippen LogP contribution in [0.15, 0.2) is 97.1 Å². The molecule has 1 heterocycles. The number of carbonyl (C=O) groups is 2. The van der Waals surface area contributed by atoms with Gasteiger partial charge >= 0.3 is 12.2 Å². The van der Waals surface area contributed by atoms with Crippen LogP contribution >= 0.6 is 0 Å². The SMILES string of the molecule is CCCCCCCCCCc1ccccc1OC(=O)N1CN(C(=O)Oc2ccccc2CCCCCCCCCC)c2ccccc2-c2ccccc21. The number of carbonyl (C=O) groups excluding carboxylic acids is 2. The van der Waals surface area contributed by atoms with Crippen LogP contribution in [-0.4, -0.2) is 18.9 Å². The number of para-hydroxylation sites is 4. The fraction of sp³-hybridized carbons (Fsp3) is 0.447. The van der Waals surface area contributed by atoms with Gasteiger partial charge < -0.3 is 9.47 Å². The molecule has 1 aliphatic heterocycles. The Morgan fingerprint density at radius 2 is 0.792 bits per heavy atom. The molecule has 0 saturated carbocycles. The maximum atomic E-state index is 14.2. The average molecular weight is 717 g/mol. The van der Waals surface area contributed by atoms with Crippen LogP contribution < -0.4 is 19.3 Å². The molecule has 5 rings (SSSR count). The molecule has 0 saturated heterocycles. The van der Waals surface area contributed by atoms with E-state index in [9.17, 15) is 9.59 Å². The van der Waals surface area contributed by atoms with Crippen LogP contribution in [-0.2, 0) is 12.8 Å². The molecule has 0 atom stereocenters. The summed E-state index contributed by atoms with van der Waals surface area (Å²) >= 11 is 0. The van der Waals surface area contributed by atoms with Gasteiger partial charge in [-0.25, -0.2) is 9.59 Å². The first-order valence-corrected chi connectivity index (χ1v) is 20.4. The number of nitrogens with zero attached hydrogens (tertiary/aromatic N) is 2. The molecule has 0 bridgehead atoms. The van der Waals surface area contributed by atoms with Gasteiger partial charge in [-0.15, -0.1) is 0 Å². The van der Waals surface area contributed by atoms with Crippen molar-refractivity contribution in [1.29, 1.82) is 0 Å². The summed E-state index contributed by atoms with van der Waals surface area (Å²) in [6, 6.07) is 31.1. The fourth-order valence-electron chi connectivity index (χ4n) is 7.30. The van der Waals surface area contributed by atoms with Crippen molar-refractivity contribution >= 4 is 23.6 Å². The van der Waals surface area contributed by atoms with Crippen LogP contribution in [0.1, 0.15) is 128 Å². The van der Waals surface area contributed by atoms with E-state index >= 15 is 0 Å². The van der Waals surface area contributed by atoms with E-state index in [0.717, 1.165) is 60.8 Å². The molecule has 0 spiro atoms. The monoisotopic (exact) mass is 716 g/mol. The lowest BCUT2D eigenvalue weighted by molar-refractivity contribution is 0.202. The summed E-state index contributed by atoms with van der Waals surface area (Å²) in [6.45, 7) is 4.43. The minimum Gasteiger partial charge on any atom is -0.410 e. The predicted octanol–water partition coefficient (Wildman–Crippen LogP) is 13.7. The number of rotatable bonds is 20. The Labute approximate surface area is 318 Å². The topological polar surface area (TPSA) is 59.1 Å². The number of unbranched alkanes of at least 4 members (excludes halogenated alkanes) is 14. The van der Waals surface area contributed by atoms with E-state index in [1.807, 2.05) is 97.1 Å². The van der Waals surface area contributed by atoms with Gasteiger partial charge in [-0.05, 0) is 61.1 Å². The van der Waals surface area contributed by atoms with E-state index in [0.29, 0.717) is 22.9 Å². The molecule has 4 aromatic rings. The molecule has 4 aromatic carbocycles. The standard InChI is InChI=1S/C47H60N2O4/c1-3-5-7-9-11-13-15-17-27-38-29-19-25-35-44(38)52-46(50)48-37-49(43-34-24-22-32-41(43)40-31-21-23-33-42(40)48)47(51)53-45-36-26-20-30-39(45)28-18-16-14-12-10-8-6-4-2/h19-26,29-36H,3-18,27-28,37H2,1-2H3. The maximum absolute atomic E-state index is 14.2. The lowest BCUT2D eigenvalue weighted by Gasteiger charge is -2.28. The van der Waals surface area contributed by atoms with Gasteiger partial charge in [-0.2, -0.15) is 0 Å². The molecule has 282 valence electrons. The Balaban J connectivity index is 1.29. The third kappa shape index (κ3) is 11.7. The highest BCUT2D eigenvalue weighted by atomic mass is 16.6. The van der Waals surface area contributed by atoms with E-state index in [1.165, 1.54) is 77.0 Å². The molecule has 0 radical (unpaired) electrons. The van der Waals surface area contributed by atoms with Gasteiger partial charge in [0.1, 0.15) is 18.2 Å². The number of hydrogen-bond donors (Lipinski definition) is 0. The van der Waals surface area contributed by atoms with E-state index in [4.69, 9.17) is 9.47 Å². The molecule has 6 heteroatoms. The van der Waals surface area contributed by atoms with Crippen molar-refractivity contribution in [3.8, 4) is 22.6 Å². The fourth-order valence-corrected chi connectivity index (χ4v) is 7.30. The first kappa shape index (κ1) is 39.6. The highest BCUT2D eigenvalue weighted by Crippen LogP contribution is 2.41. The van der Waals surface area contributed by atoms with Crippen molar-refractivity contribution in [2.24, 2.45) is 0 Å². The van der Waals surface area contributed by atoms with E-state index in [-0.39, 0.29) is 6.67 Å². The lowest BCUT2D eigenvalue weighted by atomic mass is 10.0. The molecule has 53 heavy (non-hydrogen) atoms. The second-order valence-electron chi connectivity index (χ2n) is 14.4. The van der Waals surface area contributed by atoms with E-state index in [1.54, 1.807) is 9.80 Å². The number of amides is 2. The van der Waals surface area contributed by atoms with Crippen LogP contribution in [0.25, 0.3) is 11.1 Å². The van der Waals surface area contributed by atoms with Crippen molar-refractivity contribution in [1.82, 2.24) is 0 Å². The smallest absolute Gasteiger partial charge is 0.410 e. The molecule has 0 fully saturated rings. The highest BCUT2D eigenvalue weighted by molar-refractivity contribution is 6.04. The third-order valence-electron chi connectivity index (χ3n) is 10.3. The molecule has 2 amide bonds. The summed E-state index contributed by atoms with van der Waals surface area (Å²) in [5, 5.41) is 0. The zero-order valence-electron chi connectivity index (χ0n) is 32.2. The maximum Gasteiger partial charge on any atom is 0.421 e. The summed E-state index contributed by atoms with van der Waals surface area (Å²) in [5.74, 6) is 1.12. The zero-order valence-corrected chi connectivity index (χ0v) is 32.2. The van der Waals surface area contributed by atoms with Crippen LogP contribution in [0.4, 0.5) is 21.0 Å². The normalized spacial score (nSPS) is 12.2. The first-order valence-electron chi connectivity index (χ1n) is 20.4.